The van der Waals surface area contributed by atoms with Crippen LogP contribution in [0.2, 0.25) is 0 Å². The number of nitrogens with one attached hydrogen (secondary N) is 2. The molecule has 0 spiro atoms. The fraction of sp³-hybridized carbons (Fsp3) is 0.692. The van der Waals surface area contributed by atoms with Crippen molar-refractivity contribution in [2.24, 2.45) is 5.92 Å². The number of nitro groups is 1. The van der Waals surface area contributed by atoms with Crippen molar-refractivity contribution in [3.05, 3.63) is 16.4 Å². The lowest BCUT2D eigenvalue weighted by Gasteiger charge is -2.22. The third-order valence-electron chi connectivity index (χ3n) is 3.36. The SMILES string of the molecule is CCCNc1ncnc(NCC2CCCOC2)c1[N+](=O)[O-]. The van der Waals surface area contributed by atoms with E-state index in [4.69, 9.17) is 4.74 Å². The molecule has 116 valence electrons. The Bertz CT molecular complexity index is 477. The molecule has 1 aromatic rings. The quantitative estimate of drug-likeness (QED) is 0.586. The van der Waals surface area contributed by atoms with E-state index in [1.54, 1.807) is 0 Å². The minimum absolute atomic E-state index is 0.0947. The highest BCUT2D eigenvalue weighted by Gasteiger charge is 2.23. The van der Waals surface area contributed by atoms with Crippen LogP contribution in [-0.4, -0.2) is 41.2 Å². The van der Waals surface area contributed by atoms with Crippen molar-refractivity contribution in [1.82, 2.24) is 9.97 Å². The van der Waals surface area contributed by atoms with Crippen LogP contribution in [0.4, 0.5) is 17.3 Å². The van der Waals surface area contributed by atoms with Crippen molar-refractivity contribution in [1.29, 1.82) is 0 Å². The molecule has 1 aromatic heterocycles. The van der Waals surface area contributed by atoms with E-state index >= 15 is 0 Å². The highest BCUT2D eigenvalue weighted by molar-refractivity contribution is 5.69. The molecule has 1 aliphatic heterocycles. The molecule has 8 heteroatoms. The Morgan fingerprint density at radius 2 is 2.19 bits per heavy atom. The molecule has 2 N–H and O–H groups in total. The number of nitrogens with zero attached hydrogens (tertiary/aromatic N) is 3. The number of hydrogen-bond acceptors (Lipinski definition) is 7. The molecule has 1 fully saturated rings. The van der Waals surface area contributed by atoms with E-state index in [0.717, 1.165) is 25.9 Å². The van der Waals surface area contributed by atoms with Gasteiger partial charge in [-0.25, -0.2) is 9.97 Å². The average molecular weight is 295 g/mol. The maximum absolute atomic E-state index is 11.3. The molecular weight excluding hydrogens is 274 g/mol. The molecule has 0 bridgehead atoms. The third kappa shape index (κ3) is 4.25. The van der Waals surface area contributed by atoms with Crippen molar-refractivity contribution >= 4 is 17.3 Å². The first-order chi connectivity index (χ1) is 10.2. The van der Waals surface area contributed by atoms with E-state index in [9.17, 15) is 10.1 Å². The fourth-order valence-electron chi connectivity index (χ4n) is 2.26. The molecule has 0 saturated carbocycles. The summed E-state index contributed by atoms with van der Waals surface area (Å²) in [6.07, 6.45) is 4.29. The molecule has 2 rings (SSSR count). The van der Waals surface area contributed by atoms with Crippen LogP contribution in [0, 0.1) is 16.0 Å². The molecule has 1 aliphatic rings. The molecule has 0 amide bonds. The summed E-state index contributed by atoms with van der Waals surface area (Å²) in [5.41, 5.74) is -0.0947. The van der Waals surface area contributed by atoms with Gasteiger partial charge in [0.25, 0.3) is 0 Å². The summed E-state index contributed by atoms with van der Waals surface area (Å²) >= 11 is 0. The molecule has 1 unspecified atom stereocenters. The number of aromatic nitrogens is 2. The van der Waals surface area contributed by atoms with Gasteiger partial charge < -0.3 is 15.4 Å². The predicted octanol–water partition coefficient (Wildman–Crippen LogP) is 2.05. The van der Waals surface area contributed by atoms with Crippen LogP contribution in [0.15, 0.2) is 6.33 Å². The standard InChI is InChI=1S/C13H21N5O3/c1-2-5-14-12-11(18(19)20)13(17-9-16-12)15-7-10-4-3-6-21-8-10/h9-10H,2-8H2,1H3,(H2,14,15,16,17). The summed E-state index contributed by atoms with van der Waals surface area (Å²) in [5.74, 6) is 0.888. The van der Waals surface area contributed by atoms with E-state index in [1.165, 1.54) is 6.33 Å². The molecular formula is C13H21N5O3. The summed E-state index contributed by atoms with van der Waals surface area (Å²) in [6, 6.07) is 0. The lowest BCUT2D eigenvalue weighted by Crippen LogP contribution is -2.25. The Morgan fingerprint density at radius 1 is 1.43 bits per heavy atom. The smallest absolute Gasteiger partial charge is 0.353 e. The predicted molar refractivity (Wildman–Crippen MR) is 79.5 cm³/mol. The first-order valence-electron chi connectivity index (χ1n) is 7.27. The van der Waals surface area contributed by atoms with E-state index in [2.05, 4.69) is 20.6 Å². The van der Waals surface area contributed by atoms with Crippen LogP contribution in [0.1, 0.15) is 26.2 Å². The van der Waals surface area contributed by atoms with Gasteiger partial charge in [0, 0.05) is 19.7 Å². The minimum Gasteiger partial charge on any atom is -0.381 e. The van der Waals surface area contributed by atoms with Gasteiger partial charge in [0.2, 0.25) is 11.6 Å². The molecule has 2 heterocycles. The number of ether oxygens (including phenoxy) is 1. The van der Waals surface area contributed by atoms with Crippen molar-refractivity contribution in [3.8, 4) is 0 Å². The fourth-order valence-corrected chi connectivity index (χ4v) is 2.26. The molecule has 0 aliphatic carbocycles. The second kappa shape index (κ2) is 7.72. The van der Waals surface area contributed by atoms with Gasteiger partial charge in [-0.15, -0.1) is 0 Å². The Labute approximate surface area is 123 Å². The highest BCUT2D eigenvalue weighted by atomic mass is 16.6. The van der Waals surface area contributed by atoms with Gasteiger partial charge in [-0.2, -0.15) is 0 Å². The van der Waals surface area contributed by atoms with E-state index < -0.39 is 4.92 Å². The van der Waals surface area contributed by atoms with Crippen molar-refractivity contribution in [3.63, 3.8) is 0 Å². The molecule has 8 nitrogen and oxygen atoms in total. The van der Waals surface area contributed by atoms with Crippen molar-refractivity contribution in [2.45, 2.75) is 26.2 Å². The Kier molecular flexibility index (Phi) is 5.68. The van der Waals surface area contributed by atoms with Crippen molar-refractivity contribution < 1.29 is 9.66 Å². The van der Waals surface area contributed by atoms with Crippen LogP contribution in [0.3, 0.4) is 0 Å². The number of anilines is 2. The zero-order chi connectivity index (χ0) is 15.1. The van der Waals surface area contributed by atoms with Crippen LogP contribution in [0.25, 0.3) is 0 Å². The Morgan fingerprint density at radius 3 is 2.81 bits per heavy atom. The average Bonchev–Trinajstić information content (AvgIpc) is 2.51. The van der Waals surface area contributed by atoms with E-state index in [1.807, 2.05) is 6.92 Å². The summed E-state index contributed by atoms with van der Waals surface area (Å²) < 4.78 is 5.41. The van der Waals surface area contributed by atoms with Gasteiger partial charge in [0.1, 0.15) is 6.33 Å². The maximum Gasteiger partial charge on any atom is 0.353 e. The lowest BCUT2D eigenvalue weighted by molar-refractivity contribution is -0.383. The Hall–Kier alpha value is -1.96. The van der Waals surface area contributed by atoms with Gasteiger partial charge >= 0.3 is 5.69 Å². The largest absolute Gasteiger partial charge is 0.381 e. The summed E-state index contributed by atoms with van der Waals surface area (Å²) in [6.45, 7) is 4.73. The van der Waals surface area contributed by atoms with Crippen LogP contribution < -0.4 is 10.6 Å². The summed E-state index contributed by atoms with van der Waals surface area (Å²) in [4.78, 5) is 18.8. The highest BCUT2D eigenvalue weighted by Crippen LogP contribution is 2.29. The van der Waals surface area contributed by atoms with Crippen LogP contribution in [0.5, 0.6) is 0 Å². The molecule has 0 radical (unpaired) electrons. The second-order valence-corrected chi connectivity index (χ2v) is 5.07. The number of hydrogen-bond donors (Lipinski definition) is 2. The molecule has 0 aromatic carbocycles. The normalized spacial score (nSPS) is 18.2. The van der Waals surface area contributed by atoms with Crippen molar-refractivity contribution in [2.75, 3.05) is 36.9 Å². The van der Waals surface area contributed by atoms with Crippen LogP contribution in [-0.2, 0) is 4.74 Å². The zero-order valence-electron chi connectivity index (χ0n) is 12.2. The van der Waals surface area contributed by atoms with Gasteiger partial charge in [-0.05, 0) is 25.2 Å². The monoisotopic (exact) mass is 295 g/mol. The van der Waals surface area contributed by atoms with Gasteiger partial charge in [0.05, 0.1) is 11.5 Å². The molecule has 21 heavy (non-hydrogen) atoms. The molecule has 1 atom stereocenters. The summed E-state index contributed by atoms with van der Waals surface area (Å²) in [5, 5.41) is 17.3. The van der Waals surface area contributed by atoms with Crippen LogP contribution >= 0.6 is 0 Å². The first-order valence-corrected chi connectivity index (χ1v) is 7.27. The zero-order valence-corrected chi connectivity index (χ0v) is 12.2. The summed E-state index contributed by atoms with van der Waals surface area (Å²) in [7, 11) is 0. The number of rotatable bonds is 7. The lowest BCUT2D eigenvalue weighted by atomic mass is 10.0. The minimum atomic E-state index is -0.447. The van der Waals surface area contributed by atoms with Gasteiger partial charge in [0.15, 0.2) is 0 Å². The molecule has 1 saturated heterocycles. The Balaban J connectivity index is 2.07. The van der Waals surface area contributed by atoms with E-state index in [0.29, 0.717) is 25.6 Å². The van der Waals surface area contributed by atoms with E-state index in [-0.39, 0.29) is 17.3 Å². The topological polar surface area (TPSA) is 102 Å². The van der Waals surface area contributed by atoms with Gasteiger partial charge in [-0.1, -0.05) is 6.92 Å². The first kappa shape index (κ1) is 15.4. The third-order valence-corrected chi connectivity index (χ3v) is 3.36. The maximum atomic E-state index is 11.3. The second-order valence-electron chi connectivity index (χ2n) is 5.07. The van der Waals surface area contributed by atoms with Gasteiger partial charge in [-0.3, -0.25) is 10.1 Å².